The van der Waals surface area contributed by atoms with Gasteiger partial charge in [0.1, 0.15) is 0 Å². The smallest absolute Gasteiger partial charge is 0.335 e. The first-order valence-electron chi connectivity index (χ1n) is 9.77. The maximum Gasteiger partial charge on any atom is 0.335 e. The number of carbonyl (C=O) groups excluding carboxylic acids is 2. The molecule has 0 aliphatic heterocycles. The fourth-order valence-electron chi connectivity index (χ4n) is 2.94. The molecule has 32 heavy (non-hydrogen) atoms. The van der Waals surface area contributed by atoms with Crippen molar-refractivity contribution < 1.29 is 19.5 Å². The van der Waals surface area contributed by atoms with Gasteiger partial charge < -0.3 is 20.3 Å². The summed E-state index contributed by atoms with van der Waals surface area (Å²) in [6, 6.07) is 12.9. The number of carbonyl (C=O) groups is 3. The highest BCUT2D eigenvalue weighted by Gasteiger charge is 2.19. The van der Waals surface area contributed by atoms with Crippen LogP contribution in [0.25, 0.3) is 0 Å². The number of aromatic carboxylic acids is 1. The number of thioether (sulfide) groups is 1. The Hall–Kier alpha value is -3.66. The van der Waals surface area contributed by atoms with Gasteiger partial charge in [0, 0.05) is 18.3 Å². The van der Waals surface area contributed by atoms with Crippen LogP contribution < -0.4 is 10.6 Å². The third-order valence-corrected chi connectivity index (χ3v) is 5.66. The number of hydrogen-bond acceptors (Lipinski definition) is 6. The molecule has 0 aliphatic carbocycles. The second-order valence-corrected chi connectivity index (χ2v) is 8.13. The summed E-state index contributed by atoms with van der Waals surface area (Å²) in [6.45, 7) is 3.77. The number of anilines is 1. The fourth-order valence-corrected chi connectivity index (χ4v) is 3.65. The standard InChI is InChI=1S/C22H23N5O4S/c1-13-7-9-15(10-8-13)20(29)23-14(2)19-25-26-22(27(19)3)32-12-18(28)24-17-6-4-5-16(11-17)21(30)31/h4-11,14H,12H2,1-3H3,(H,23,29)(H,24,28)(H,30,31)/t14-/m0/s1. The monoisotopic (exact) mass is 453 g/mol. The molecule has 1 aromatic heterocycles. The minimum atomic E-state index is -1.06. The summed E-state index contributed by atoms with van der Waals surface area (Å²) in [5, 5.41) is 23.4. The Morgan fingerprint density at radius 3 is 2.50 bits per heavy atom. The van der Waals surface area contributed by atoms with Gasteiger partial charge in [0.2, 0.25) is 5.91 Å². The van der Waals surface area contributed by atoms with Crippen LogP contribution in [0.5, 0.6) is 0 Å². The van der Waals surface area contributed by atoms with Crippen LogP contribution >= 0.6 is 11.8 Å². The van der Waals surface area contributed by atoms with Crippen LogP contribution in [0.15, 0.2) is 53.7 Å². The van der Waals surface area contributed by atoms with Crippen molar-refractivity contribution in [1.82, 2.24) is 20.1 Å². The third-order valence-electron chi connectivity index (χ3n) is 4.64. The van der Waals surface area contributed by atoms with E-state index < -0.39 is 5.97 Å². The van der Waals surface area contributed by atoms with Crippen molar-refractivity contribution in [1.29, 1.82) is 0 Å². The Balaban J connectivity index is 1.57. The zero-order valence-electron chi connectivity index (χ0n) is 17.8. The Morgan fingerprint density at radius 1 is 1.09 bits per heavy atom. The van der Waals surface area contributed by atoms with Gasteiger partial charge in [0.25, 0.3) is 5.91 Å². The lowest BCUT2D eigenvalue weighted by molar-refractivity contribution is -0.113. The van der Waals surface area contributed by atoms with Crippen molar-refractivity contribution in [2.75, 3.05) is 11.1 Å². The largest absolute Gasteiger partial charge is 0.478 e. The van der Waals surface area contributed by atoms with E-state index in [4.69, 9.17) is 5.11 Å². The summed E-state index contributed by atoms with van der Waals surface area (Å²) < 4.78 is 1.73. The van der Waals surface area contributed by atoms with E-state index in [1.807, 2.05) is 26.0 Å². The summed E-state index contributed by atoms with van der Waals surface area (Å²) >= 11 is 1.19. The highest BCUT2D eigenvalue weighted by molar-refractivity contribution is 7.99. The number of nitrogens with one attached hydrogen (secondary N) is 2. The summed E-state index contributed by atoms with van der Waals surface area (Å²) in [5.41, 5.74) is 2.13. The first-order valence-corrected chi connectivity index (χ1v) is 10.8. The maximum absolute atomic E-state index is 12.4. The summed E-state index contributed by atoms with van der Waals surface area (Å²) in [5.74, 6) is -0.957. The Bertz CT molecular complexity index is 1140. The van der Waals surface area contributed by atoms with E-state index in [-0.39, 0.29) is 29.2 Å². The number of carboxylic acid groups (broad SMARTS) is 1. The number of hydrogen-bond donors (Lipinski definition) is 3. The molecular formula is C22H23N5O4S. The fraction of sp³-hybridized carbons (Fsp3) is 0.227. The predicted molar refractivity (Wildman–Crippen MR) is 121 cm³/mol. The molecule has 3 N–H and O–H groups in total. The molecule has 0 aliphatic rings. The summed E-state index contributed by atoms with van der Waals surface area (Å²) in [6.07, 6.45) is 0. The average molecular weight is 454 g/mol. The first kappa shape index (κ1) is 23.0. The van der Waals surface area contributed by atoms with Crippen molar-refractivity contribution in [3.63, 3.8) is 0 Å². The number of amides is 2. The van der Waals surface area contributed by atoms with Gasteiger partial charge >= 0.3 is 5.97 Å². The molecule has 0 saturated carbocycles. The molecule has 0 spiro atoms. The van der Waals surface area contributed by atoms with Crippen LogP contribution in [0, 0.1) is 6.92 Å². The summed E-state index contributed by atoms with van der Waals surface area (Å²) in [7, 11) is 1.76. The van der Waals surface area contributed by atoms with Crippen LogP contribution in [0.4, 0.5) is 5.69 Å². The van der Waals surface area contributed by atoms with Crippen LogP contribution in [0.1, 0.15) is 45.1 Å². The van der Waals surface area contributed by atoms with E-state index in [0.717, 1.165) is 5.56 Å². The van der Waals surface area contributed by atoms with Crippen LogP contribution in [0.2, 0.25) is 0 Å². The molecule has 0 radical (unpaired) electrons. The van der Waals surface area contributed by atoms with Gasteiger partial charge in [-0.1, -0.05) is 35.5 Å². The minimum absolute atomic E-state index is 0.0629. The van der Waals surface area contributed by atoms with Crippen molar-refractivity contribution >= 4 is 35.2 Å². The molecule has 3 aromatic rings. The average Bonchev–Trinajstić information content (AvgIpc) is 3.13. The van der Waals surface area contributed by atoms with Crippen LogP contribution in [-0.4, -0.2) is 43.4 Å². The van der Waals surface area contributed by atoms with Gasteiger partial charge in [-0.3, -0.25) is 9.59 Å². The Kier molecular flexibility index (Phi) is 7.26. The number of rotatable bonds is 8. The number of nitrogens with zero attached hydrogens (tertiary/aromatic N) is 3. The second kappa shape index (κ2) is 10.1. The minimum Gasteiger partial charge on any atom is -0.478 e. The molecule has 0 saturated heterocycles. The molecule has 9 nitrogen and oxygen atoms in total. The molecular weight excluding hydrogens is 430 g/mol. The maximum atomic E-state index is 12.4. The molecule has 2 amide bonds. The van der Waals surface area contributed by atoms with Crippen LogP contribution in [0.3, 0.4) is 0 Å². The number of aromatic nitrogens is 3. The molecule has 10 heteroatoms. The number of aryl methyl sites for hydroxylation is 1. The first-order chi connectivity index (χ1) is 15.2. The van der Waals surface area contributed by atoms with Gasteiger partial charge in [-0.2, -0.15) is 0 Å². The lowest BCUT2D eigenvalue weighted by atomic mass is 10.1. The molecule has 0 bridgehead atoms. The normalized spacial score (nSPS) is 11.6. The number of carboxylic acids is 1. The van der Waals surface area contributed by atoms with Crippen molar-refractivity contribution in [3.8, 4) is 0 Å². The summed E-state index contributed by atoms with van der Waals surface area (Å²) in [4.78, 5) is 35.7. The topological polar surface area (TPSA) is 126 Å². The van der Waals surface area contributed by atoms with Crippen molar-refractivity contribution in [2.45, 2.75) is 25.0 Å². The SMILES string of the molecule is Cc1ccc(C(=O)N[C@@H](C)c2nnc(SCC(=O)Nc3cccc(C(=O)O)c3)n2C)cc1. The predicted octanol–water partition coefficient (Wildman–Crippen LogP) is 3.04. The molecule has 1 heterocycles. The molecule has 3 rings (SSSR count). The second-order valence-electron chi connectivity index (χ2n) is 7.18. The lowest BCUT2D eigenvalue weighted by Crippen LogP contribution is -2.28. The van der Waals surface area contributed by atoms with E-state index in [1.165, 1.54) is 23.9 Å². The quantitative estimate of drug-likeness (QED) is 0.448. The Labute approximate surface area is 189 Å². The third kappa shape index (κ3) is 5.73. The van der Waals surface area contributed by atoms with Crippen LogP contribution in [-0.2, 0) is 11.8 Å². The van der Waals surface area contributed by atoms with E-state index in [9.17, 15) is 14.4 Å². The molecule has 166 valence electrons. The van der Waals surface area contributed by atoms with Gasteiger partial charge in [-0.05, 0) is 44.2 Å². The van der Waals surface area contributed by atoms with Gasteiger partial charge in [-0.25, -0.2) is 4.79 Å². The highest BCUT2D eigenvalue weighted by Crippen LogP contribution is 2.20. The van der Waals surface area contributed by atoms with Gasteiger partial charge in [0.05, 0.1) is 17.4 Å². The van der Waals surface area contributed by atoms with Crippen molar-refractivity contribution in [3.05, 3.63) is 71.0 Å². The molecule has 0 unspecified atom stereocenters. The number of benzene rings is 2. The Morgan fingerprint density at radius 2 is 1.81 bits per heavy atom. The van der Waals surface area contributed by atoms with Gasteiger partial charge in [0.15, 0.2) is 11.0 Å². The molecule has 0 fully saturated rings. The lowest BCUT2D eigenvalue weighted by Gasteiger charge is -2.13. The van der Waals surface area contributed by atoms with Crippen molar-refractivity contribution in [2.24, 2.45) is 7.05 Å². The van der Waals surface area contributed by atoms with E-state index >= 15 is 0 Å². The molecule has 2 aromatic carbocycles. The zero-order valence-corrected chi connectivity index (χ0v) is 18.6. The van der Waals surface area contributed by atoms with Gasteiger partial charge in [-0.15, -0.1) is 10.2 Å². The van der Waals surface area contributed by atoms with E-state index in [2.05, 4.69) is 20.8 Å². The van der Waals surface area contributed by atoms with E-state index in [0.29, 0.717) is 22.2 Å². The molecule has 1 atom stereocenters. The zero-order chi connectivity index (χ0) is 23.3. The van der Waals surface area contributed by atoms with E-state index in [1.54, 1.807) is 35.9 Å². The highest BCUT2D eigenvalue weighted by atomic mass is 32.2.